The summed E-state index contributed by atoms with van der Waals surface area (Å²) in [4.78, 5) is 0. The van der Waals surface area contributed by atoms with Gasteiger partial charge in [-0.25, -0.2) is 0 Å². The summed E-state index contributed by atoms with van der Waals surface area (Å²) in [7, 11) is 0. The molecule has 0 aromatic rings. The van der Waals surface area contributed by atoms with Crippen LogP contribution in [0.1, 0.15) is 0 Å². The monoisotopic (exact) mass is 119 g/mol. The van der Waals surface area contributed by atoms with Crippen LogP contribution in [0.2, 0.25) is 0 Å². The van der Waals surface area contributed by atoms with Crippen molar-refractivity contribution >= 4 is 0 Å². The van der Waals surface area contributed by atoms with Gasteiger partial charge < -0.3 is 21.9 Å². The Morgan fingerprint density at radius 2 is 0.600 bits per heavy atom. The molecule has 0 bridgehead atoms. The average molecular weight is 119 g/mol. The van der Waals surface area contributed by atoms with Gasteiger partial charge in [0.2, 0.25) is 0 Å². The molecule has 0 aromatic carbocycles. The maximum absolute atomic E-state index is 0. The Bertz CT molecular complexity index is 3.61. The van der Waals surface area contributed by atoms with E-state index in [1.54, 1.807) is 0 Å². The minimum atomic E-state index is 0. The van der Waals surface area contributed by atoms with Crippen molar-refractivity contribution in [1.29, 1.82) is 0 Å². The molecule has 0 aliphatic heterocycles. The second-order valence-corrected chi connectivity index (χ2v) is 0. The standard InChI is InChI=1S/2H2O.2O.V/h2*1H2;;;/q;;2*-2;+4. The van der Waals surface area contributed by atoms with Crippen LogP contribution in [0, 0.1) is 0 Å². The van der Waals surface area contributed by atoms with Crippen molar-refractivity contribution in [2.45, 2.75) is 0 Å². The van der Waals surface area contributed by atoms with Crippen LogP contribution in [0.4, 0.5) is 0 Å². The third kappa shape index (κ3) is 144. The molecule has 0 amide bonds. The summed E-state index contributed by atoms with van der Waals surface area (Å²) in [5.74, 6) is 0. The van der Waals surface area contributed by atoms with Crippen LogP contribution in [0.3, 0.4) is 0 Å². The van der Waals surface area contributed by atoms with Crippen molar-refractivity contribution in [2.24, 2.45) is 0 Å². The largest absolute Gasteiger partial charge is 4.00 e. The normalized spacial score (nSPS) is 0. The van der Waals surface area contributed by atoms with E-state index in [9.17, 15) is 0 Å². The van der Waals surface area contributed by atoms with Crippen molar-refractivity contribution in [2.75, 3.05) is 0 Å². The first-order valence-electron chi connectivity index (χ1n) is 0. The number of hydrogen-bond donors (Lipinski definition) is 0. The molecule has 0 saturated carbocycles. The van der Waals surface area contributed by atoms with Gasteiger partial charge in [-0.3, -0.25) is 0 Å². The van der Waals surface area contributed by atoms with Crippen molar-refractivity contribution in [3.63, 3.8) is 0 Å². The minimum Gasteiger partial charge on any atom is -2.00 e. The summed E-state index contributed by atoms with van der Waals surface area (Å²) < 4.78 is 0. The van der Waals surface area contributed by atoms with Crippen LogP contribution in [-0.2, 0) is 29.5 Å². The Balaban J connectivity index is 0. The topological polar surface area (TPSA) is 120 Å². The van der Waals surface area contributed by atoms with Crippen LogP contribution < -0.4 is 0 Å². The summed E-state index contributed by atoms with van der Waals surface area (Å²) in [5.41, 5.74) is 0. The summed E-state index contributed by atoms with van der Waals surface area (Å²) in [6, 6.07) is 0. The second kappa shape index (κ2) is 288. The van der Waals surface area contributed by atoms with Gasteiger partial charge in [0.05, 0.1) is 0 Å². The zero-order chi connectivity index (χ0) is 0. The SMILES string of the molecule is O.O.[O-2].[O-2].[V+4]. The first-order valence-corrected chi connectivity index (χ1v) is 0. The van der Waals surface area contributed by atoms with Gasteiger partial charge in [0.1, 0.15) is 0 Å². The molecule has 5 heavy (non-hydrogen) atoms. The molecular weight excluding hydrogens is 115 g/mol. The van der Waals surface area contributed by atoms with E-state index < -0.39 is 0 Å². The molecular formula is H4O4V. The molecule has 0 atom stereocenters. The molecule has 0 unspecified atom stereocenters. The molecule has 0 saturated heterocycles. The Morgan fingerprint density at radius 3 is 0.600 bits per heavy atom. The van der Waals surface area contributed by atoms with E-state index >= 15 is 0 Å². The Kier molecular flexibility index (Phi) is 34000. The quantitative estimate of drug-likeness (QED) is 0.354. The summed E-state index contributed by atoms with van der Waals surface area (Å²) in [6.45, 7) is 0. The first-order chi connectivity index (χ1) is 0. The van der Waals surface area contributed by atoms with Gasteiger partial charge in [-0.1, -0.05) is 0 Å². The van der Waals surface area contributed by atoms with Gasteiger partial charge in [-0.15, -0.1) is 0 Å². The fourth-order valence-electron chi connectivity index (χ4n) is 0. The van der Waals surface area contributed by atoms with Crippen molar-refractivity contribution in [1.82, 2.24) is 0 Å². The van der Waals surface area contributed by atoms with E-state index in [1.165, 1.54) is 0 Å². The summed E-state index contributed by atoms with van der Waals surface area (Å²) in [5, 5.41) is 0. The van der Waals surface area contributed by atoms with E-state index in [1.807, 2.05) is 0 Å². The smallest absolute Gasteiger partial charge is 2.00 e. The van der Waals surface area contributed by atoms with E-state index in [-0.39, 0.29) is 40.5 Å². The van der Waals surface area contributed by atoms with Gasteiger partial charge in [0, 0.05) is 0 Å². The van der Waals surface area contributed by atoms with Gasteiger partial charge in [-0.05, 0) is 0 Å². The first kappa shape index (κ1) is 589. The molecule has 4 N–H and O–H groups in total. The van der Waals surface area contributed by atoms with Crippen LogP contribution in [0.15, 0.2) is 0 Å². The molecule has 0 heterocycles. The minimum absolute atomic E-state index is 0. The van der Waals surface area contributed by atoms with Gasteiger partial charge in [0.25, 0.3) is 0 Å². The maximum Gasteiger partial charge on any atom is 4.00 e. The predicted molar refractivity (Wildman–Crippen MR) is 8.60 cm³/mol. The average Bonchev–Trinajstić information content (AvgIpc) is 0. The van der Waals surface area contributed by atoms with Crippen molar-refractivity contribution < 1.29 is 40.5 Å². The van der Waals surface area contributed by atoms with E-state index in [0.29, 0.717) is 0 Å². The molecule has 1 radical (unpaired) electrons. The molecule has 0 rings (SSSR count). The van der Waals surface area contributed by atoms with Gasteiger partial charge in [-0.2, -0.15) is 0 Å². The fraction of sp³-hybridized carbons (Fsp3) is 0. The van der Waals surface area contributed by atoms with E-state index in [4.69, 9.17) is 0 Å². The molecule has 0 spiro atoms. The summed E-state index contributed by atoms with van der Waals surface area (Å²) >= 11 is 0. The van der Waals surface area contributed by atoms with Gasteiger partial charge in [0.15, 0.2) is 0 Å². The number of rotatable bonds is 0. The predicted octanol–water partition coefficient (Wildman–Crippen LogP) is -1.89. The molecule has 5 heteroatoms. The van der Waals surface area contributed by atoms with Crippen LogP contribution in [0.25, 0.3) is 0 Å². The third-order valence-electron chi connectivity index (χ3n) is 0. The summed E-state index contributed by atoms with van der Waals surface area (Å²) in [6.07, 6.45) is 0. The van der Waals surface area contributed by atoms with Crippen LogP contribution in [0.5, 0.6) is 0 Å². The van der Waals surface area contributed by atoms with Crippen LogP contribution in [-0.4, -0.2) is 11.0 Å². The molecule has 0 fully saturated rings. The van der Waals surface area contributed by atoms with E-state index in [2.05, 4.69) is 0 Å². The fourth-order valence-corrected chi connectivity index (χ4v) is 0. The Hall–Kier alpha value is 0.424. The van der Waals surface area contributed by atoms with Crippen molar-refractivity contribution in [3.8, 4) is 0 Å². The molecule has 4 nitrogen and oxygen atoms in total. The maximum atomic E-state index is 0. The Labute approximate surface area is 41.3 Å². The van der Waals surface area contributed by atoms with E-state index in [0.717, 1.165) is 0 Å². The molecule has 33 valence electrons. The van der Waals surface area contributed by atoms with Crippen LogP contribution >= 0.6 is 0 Å². The Morgan fingerprint density at radius 1 is 0.600 bits per heavy atom. The third-order valence-corrected chi connectivity index (χ3v) is 0. The van der Waals surface area contributed by atoms with Gasteiger partial charge >= 0.3 is 18.6 Å². The molecule has 0 aromatic heterocycles. The van der Waals surface area contributed by atoms with Crippen molar-refractivity contribution in [3.05, 3.63) is 0 Å². The molecule has 0 aliphatic carbocycles. The zero-order valence-corrected chi connectivity index (χ0v) is 3.66. The number of hydrogen-bond acceptors (Lipinski definition) is 0. The second-order valence-electron chi connectivity index (χ2n) is 0. The molecule has 0 aliphatic rings. The zero-order valence-electron chi connectivity index (χ0n) is 2.26.